The summed E-state index contributed by atoms with van der Waals surface area (Å²) in [5.74, 6) is 6.39. The highest BCUT2D eigenvalue weighted by atomic mass is 19.3. The van der Waals surface area contributed by atoms with Gasteiger partial charge >= 0.3 is 0 Å². The Morgan fingerprint density at radius 3 is 2.57 bits per heavy atom. The predicted octanol–water partition coefficient (Wildman–Crippen LogP) is 4.09. The van der Waals surface area contributed by atoms with Gasteiger partial charge < -0.3 is 20.5 Å². The molecule has 0 aromatic carbocycles. The van der Waals surface area contributed by atoms with Gasteiger partial charge in [0.25, 0.3) is 6.43 Å². The van der Waals surface area contributed by atoms with Gasteiger partial charge in [0.15, 0.2) is 5.82 Å². The number of morpholine rings is 1. The highest BCUT2D eigenvalue weighted by molar-refractivity contribution is 5.65. The molecule has 1 aliphatic rings. The molecule has 2 aromatic heterocycles. The van der Waals surface area contributed by atoms with Crippen molar-refractivity contribution in [3.63, 3.8) is 0 Å². The van der Waals surface area contributed by atoms with Crippen molar-refractivity contribution in [2.24, 2.45) is 0 Å². The second kappa shape index (κ2) is 11.3. The summed E-state index contributed by atoms with van der Waals surface area (Å²) in [5, 5.41) is 9.94. The minimum atomic E-state index is -2.82. The summed E-state index contributed by atoms with van der Waals surface area (Å²) >= 11 is 0. The molecular weight excluding hydrogens is 456 g/mol. The van der Waals surface area contributed by atoms with Crippen LogP contribution in [-0.2, 0) is 4.74 Å². The standard InChI is InChI=1S/C24H31F2N7O2/c1-6-8-14(3)33(17(7-2)11-34)24-30-22(19-10-28-20(27)9-18(19)21(25)26)29-23(31-24)32-15(4)12-35-13-16(32)5/h9-11,14-16,21,34H,7,12-13H2,1-5H3,(H2,27,28)/b17-11+. The monoisotopic (exact) mass is 487 g/mol. The van der Waals surface area contributed by atoms with Crippen LogP contribution in [0.2, 0.25) is 0 Å². The van der Waals surface area contributed by atoms with Gasteiger partial charge in [-0.05, 0) is 40.2 Å². The van der Waals surface area contributed by atoms with E-state index in [0.717, 1.165) is 12.3 Å². The Hall–Kier alpha value is -3.52. The number of halogens is 2. The lowest BCUT2D eigenvalue weighted by molar-refractivity contribution is 0.0747. The summed E-state index contributed by atoms with van der Waals surface area (Å²) < 4.78 is 33.5. The van der Waals surface area contributed by atoms with E-state index in [1.54, 1.807) is 11.8 Å². The van der Waals surface area contributed by atoms with Crippen LogP contribution >= 0.6 is 0 Å². The van der Waals surface area contributed by atoms with Gasteiger partial charge in [0.1, 0.15) is 5.82 Å². The average molecular weight is 488 g/mol. The fourth-order valence-electron chi connectivity index (χ4n) is 4.10. The summed E-state index contributed by atoms with van der Waals surface area (Å²) in [6.07, 6.45) is -0.135. The third-order valence-corrected chi connectivity index (χ3v) is 5.72. The van der Waals surface area contributed by atoms with Gasteiger partial charge in [0.2, 0.25) is 11.9 Å². The van der Waals surface area contributed by atoms with Gasteiger partial charge in [0.05, 0.1) is 43.3 Å². The zero-order valence-electron chi connectivity index (χ0n) is 20.5. The normalized spacial score (nSPS) is 19.3. The van der Waals surface area contributed by atoms with Crippen LogP contribution < -0.4 is 15.5 Å². The van der Waals surface area contributed by atoms with Crippen LogP contribution in [0.15, 0.2) is 24.2 Å². The van der Waals surface area contributed by atoms with E-state index in [1.807, 2.05) is 32.6 Å². The molecule has 0 spiro atoms. The van der Waals surface area contributed by atoms with Gasteiger partial charge in [-0.25, -0.2) is 13.8 Å². The van der Waals surface area contributed by atoms with Crippen LogP contribution in [0.3, 0.4) is 0 Å². The van der Waals surface area contributed by atoms with Crippen molar-refractivity contribution >= 4 is 17.7 Å². The smallest absolute Gasteiger partial charge is 0.264 e. The van der Waals surface area contributed by atoms with Gasteiger partial charge in [-0.1, -0.05) is 12.8 Å². The average Bonchev–Trinajstić information content (AvgIpc) is 2.82. The molecule has 2 aromatic rings. The number of ether oxygens (including phenoxy) is 1. The van der Waals surface area contributed by atoms with E-state index in [2.05, 4.69) is 26.8 Å². The van der Waals surface area contributed by atoms with Crippen molar-refractivity contribution < 1.29 is 18.6 Å². The molecule has 3 rings (SSSR count). The number of nitrogens with two attached hydrogens (primary N) is 1. The number of nitrogens with zero attached hydrogens (tertiary/aromatic N) is 6. The lowest BCUT2D eigenvalue weighted by Gasteiger charge is -2.39. The van der Waals surface area contributed by atoms with E-state index in [9.17, 15) is 13.9 Å². The predicted molar refractivity (Wildman–Crippen MR) is 131 cm³/mol. The van der Waals surface area contributed by atoms with Gasteiger partial charge in [-0.15, -0.1) is 5.92 Å². The molecule has 1 aliphatic heterocycles. The first-order valence-electron chi connectivity index (χ1n) is 11.4. The molecular formula is C24H31F2N7O2. The van der Waals surface area contributed by atoms with Crippen molar-refractivity contribution in [3.8, 4) is 23.2 Å². The molecule has 0 aliphatic carbocycles. The van der Waals surface area contributed by atoms with Crippen molar-refractivity contribution in [1.29, 1.82) is 0 Å². The fraction of sp³-hybridized carbons (Fsp3) is 0.500. The van der Waals surface area contributed by atoms with Gasteiger partial charge in [0, 0.05) is 17.3 Å². The summed E-state index contributed by atoms with van der Waals surface area (Å²) in [4.78, 5) is 21.5. The Labute approximate surface area is 204 Å². The Morgan fingerprint density at radius 1 is 1.31 bits per heavy atom. The van der Waals surface area contributed by atoms with Crippen molar-refractivity contribution in [2.75, 3.05) is 28.7 Å². The van der Waals surface area contributed by atoms with Crippen LogP contribution in [0.5, 0.6) is 0 Å². The Kier molecular flexibility index (Phi) is 8.40. The van der Waals surface area contributed by atoms with E-state index in [0.29, 0.717) is 31.3 Å². The Bertz CT molecular complexity index is 1120. The number of hydrogen-bond acceptors (Lipinski definition) is 9. The van der Waals surface area contributed by atoms with Crippen molar-refractivity contribution in [2.45, 2.75) is 65.6 Å². The summed E-state index contributed by atoms with van der Waals surface area (Å²) in [6.45, 7) is 10.3. The summed E-state index contributed by atoms with van der Waals surface area (Å²) in [5.41, 5.74) is 5.91. The summed E-state index contributed by atoms with van der Waals surface area (Å²) in [7, 11) is 0. The molecule has 9 nitrogen and oxygen atoms in total. The number of aromatic nitrogens is 4. The number of rotatable bonds is 7. The number of pyridine rings is 1. The topological polar surface area (TPSA) is 114 Å². The van der Waals surface area contributed by atoms with Crippen molar-refractivity contribution in [1.82, 2.24) is 19.9 Å². The first kappa shape index (κ1) is 26.1. The minimum absolute atomic E-state index is 0.0220. The Morgan fingerprint density at radius 2 is 2.00 bits per heavy atom. The molecule has 1 fully saturated rings. The molecule has 0 radical (unpaired) electrons. The molecule has 35 heavy (non-hydrogen) atoms. The van der Waals surface area contributed by atoms with Crippen LogP contribution in [0.1, 0.15) is 53.0 Å². The molecule has 0 amide bonds. The van der Waals surface area contributed by atoms with Crippen LogP contribution in [-0.4, -0.2) is 56.4 Å². The molecule has 11 heteroatoms. The number of aliphatic hydroxyl groups excluding tert-OH is 1. The number of alkyl halides is 2. The number of hydrogen-bond donors (Lipinski definition) is 2. The zero-order chi connectivity index (χ0) is 25.7. The first-order valence-corrected chi connectivity index (χ1v) is 11.4. The highest BCUT2D eigenvalue weighted by Crippen LogP contribution is 2.33. The molecule has 1 saturated heterocycles. The van der Waals surface area contributed by atoms with E-state index < -0.39 is 12.5 Å². The van der Waals surface area contributed by atoms with Crippen LogP contribution in [0, 0.1) is 11.8 Å². The van der Waals surface area contributed by atoms with Crippen LogP contribution in [0.4, 0.5) is 26.5 Å². The number of aliphatic hydroxyl groups is 1. The number of anilines is 3. The fourth-order valence-corrected chi connectivity index (χ4v) is 4.10. The molecule has 3 unspecified atom stereocenters. The van der Waals surface area contributed by atoms with Crippen LogP contribution in [0.25, 0.3) is 11.4 Å². The number of allylic oxidation sites excluding steroid dienone is 1. The van der Waals surface area contributed by atoms with E-state index in [4.69, 9.17) is 15.5 Å². The minimum Gasteiger partial charge on any atom is -0.514 e. The van der Waals surface area contributed by atoms with E-state index >= 15 is 0 Å². The maximum Gasteiger partial charge on any atom is 0.264 e. The molecule has 0 saturated carbocycles. The maximum atomic E-state index is 13.9. The maximum absolute atomic E-state index is 13.9. The number of nitrogen functional groups attached to an aromatic ring is 1. The first-order chi connectivity index (χ1) is 16.7. The van der Waals surface area contributed by atoms with Gasteiger partial charge in [-0.2, -0.15) is 15.0 Å². The van der Waals surface area contributed by atoms with Gasteiger partial charge in [-0.3, -0.25) is 4.90 Å². The Balaban J connectivity index is 2.31. The molecule has 3 atom stereocenters. The third-order valence-electron chi connectivity index (χ3n) is 5.72. The summed E-state index contributed by atoms with van der Waals surface area (Å²) in [6, 6.07) is 0.569. The van der Waals surface area contributed by atoms with Crippen molar-refractivity contribution in [3.05, 3.63) is 29.8 Å². The zero-order valence-corrected chi connectivity index (χ0v) is 20.5. The molecule has 188 valence electrons. The molecule has 0 bridgehead atoms. The SMILES string of the molecule is CC#CC(C)N(/C(=C/O)CC)c1nc(-c2cnc(N)cc2C(F)F)nc(N2C(C)COCC2C)n1. The van der Waals surface area contributed by atoms with E-state index in [-0.39, 0.29) is 40.8 Å². The molecule has 3 N–H and O–H groups in total. The molecule has 3 heterocycles. The lowest BCUT2D eigenvalue weighted by Crippen LogP contribution is -2.50. The second-order valence-corrected chi connectivity index (χ2v) is 8.31. The lowest BCUT2D eigenvalue weighted by atomic mass is 10.1. The third kappa shape index (κ3) is 5.59. The van der Waals surface area contributed by atoms with E-state index in [1.165, 1.54) is 6.20 Å². The quantitative estimate of drug-likeness (QED) is 0.440. The largest absolute Gasteiger partial charge is 0.514 e. The second-order valence-electron chi connectivity index (χ2n) is 8.31. The highest BCUT2D eigenvalue weighted by Gasteiger charge is 2.31.